The molecule has 4 heteroatoms. The fourth-order valence-electron chi connectivity index (χ4n) is 2.09. The Labute approximate surface area is 108 Å². The van der Waals surface area contributed by atoms with Crippen molar-refractivity contribution in [2.24, 2.45) is 0 Å². The van der Waals surface area contributed by atoms with Crippen molar-refractivity contribution in [2.45, 2.75) is 4.90 Å². The molecule has 0 aromatic heterocycles. The molecule has 0 N–H and O–H groups in total. The van der Waals surface area contributed by atoms with E-state index in [4.69, 9.17) is 4.74 Å². The second-order valence-electron chi connectivity index (χ2n) is 4.33. The summed E-state index contributed by atoms with van der Waals surface area (Å²) in [6, 6.07) is 6.49. The molecule has 0 saturated carbocycles. The van der Waals surface area contributed by atoms with Crippen LogP contribution in [-0.2, 0) is 0 Å². The largest absolute Gasteiger partial charge is 0.496 e. The predicted octanol–water partition coefficient (Wildman–Crippen LogP) is 2.17. The number of nitrogens with zero attached hydrogens (tertiary/aromatic N) is 2. The number of piperazine rings is 1. The molecule has 3 nitrogen and oxygen atoms in total. The molecule has 0 radical (unpaired) electrons. The number of hydrogen-bond acceptors (Lipinski definition) is 4. The van der Waals surface area contributed by atoms with Crippen LogP contribution in [0.3, 0.4) is 0 Å². The topological polar surface area (TPSA) is 15.7 Å². The Kier molecular flexibility index (Phi) is 4.18. The molecule has 2 rings (SSSR count). The van der Waals surface area contributed by atoms with Crippen LogP contribution in [0.15, 0.2) is 23.1 Å². The Morgan fingerprint density at radius 1 is 1.18 bits per heavy atom. The summed E-state index contributed by atoms with van der Waals surface area (Å²) >= 11 is 1.72. The maximum atomic E-state index is 5.43. The SMILES string of the molecule is COc1cc(N2CCN(C)CC2)ccc1SC. The van der Waals surface area contributed by atoms with Crippen molar-refractivity contribution in [3.8, 4) is 5.75 Å². The monoisotopic (exact) mass is 252 g/mol. The molecule has 0 spiro atoms. The Hall–Kier alpha value is -0.870. The average Bonchev–Trinajstić information content (AvgIpc) is 2.39. The van der Waals surface area contributed by atoms with E-state index in [-0.39, 0.29) is 0 Å². The van der Waals surface area contributed by atoms with E-state index >= 15 is 0 Å². The van der Waals surface area contributed by atoms with Crippen molar-refractivity contribution >= 4 is 17.4 Å². The number of anilines is 1. The van der Waals surface area contributed by atoms with Gasteiger partial charge < -0.3 is 14.5 Å². The van der Waals surface area contributed by atoms with E-state index in [1.54, 1.807) is 18.9 Å². The van der Waals surface area contributed by atoms with Gasteiger partial charge in [-0.3, -0.25) is 0 Å². The highest BCUT2D eigenvalue weighted by atomic mass is 32.2. The van der Waals surface area contributed by atoms with Crippen LogP contribution in [0.2, 0.25) is 0 Å². The first-order chi connectivity index (χ1) is 8.24. The lowest BCUT2D eigenvalue weighted by molar-refractivity contribution is 0.312. The standard InChI is InChI=1S/C13H20N2OS/c1-14-6-8-15(9-7-14)11-4-5-13(17-3)12(10-11)16-2/h4-5,10H,6-9H2,1-3H3. The minimum absolute atomic E-state index is 0.980. The number of benzene rings is 1. The first kappa shape index (κ1) is 12.6. The van der Waals surface area contributed by atoms with Gasteiger partial charge in [0.1, 0.15) is 5.75 Å². The highest BCUT2D eigenvalue weighted by Gasteiger charge is 2.15. The molecule has 94 valence electrons. The second-order valence-corrected chi connectivity index (χ2v) is 5.18. The molecule has 1 saturated heterocycles. The predicted molar refractivity (Wildman–Crippen MR) is 74.5 cm³/mol. The lowest BCUT2D eigenvalue weighted by Gasteiger charge is -2.34. The number of ether oxygens (including phenoxy) is 1. The van der Waals surface area contributed by atoms with Crippen LogP contribution < -0.4 is 9.64 Å². The van der Waals surface area contributed by atoms with Gasteiger partial charge in [-0.2, -0.15) is 0 Å². The van der Waals surface area contributed by atoms with E-state index in [1.807, 2.05) is 0 Å². The van der Waals surface area contributed by atoms with Crippen molar-refractivity contribution < 1.29 is 4.74 Å². The van der Waals surface area contributed by atoms with Crippen LogP contribution in [0.5, 0.6) is 5.75 Å². The highest BCUT2D eigenvalue weighted by Crippen LogP contribution is 2.31. The quantitative estimate of drug-likeness (QED) is 0.766. The molecule has 1 heterocycles. The molecule has 17 heavy (non-hydrogen) atoms. The van der Waals surface area contributed by atoms with Crippen LogP contribution in [-0.4, -0.2) is 51.5 Å². The van der Waals surface area contributed by atoms with Crippen LogP contribution in [0.1, 0.15) is 0 Å². The zero-order chi connectivity index (χ0) is 12.3. The van der Waals surface area contributed by atoms with Crippen molar-refractivity contribution in [1.29, 1.82) is 0 Å². The molecule has 0 unspecified atom stereocenters. The molecular formula is C13H20N2OS. The summed E-state index contributed by atoms with van der Waals surface area (Å²) in [5.74, 6) is 0.980. The van der Waals surface area contributed by atoms with E-state index in [2.05, 4.69) is 41.3 Å². The summed E-state index contributed by atoms with van der Waals surface area (Å²) in [5.41, 5.74) is 1.27. The number of thioether (sulfide) groups is 1. The van der Waals surface area contributed by atoms with E-state index < -0.39 is 0 Å². The summed E-state index contributed by atoms with van der Waals surface area (Å²) in [5, 5.41) is 0. The van der Waals surface area contributed by atoms with Crippen molar-refractivity contribution in [1.82, 2.24) is 4.90 Å². The molecule has 0 aliphatic carbocycles. The summed E-state index contributed by atoms with van der Waals surface area (Å²) in [4.78, 5) is 5.99. The van der Waals surface area contributed by atoms with E-state index in [1.165, 1.54) is 10.6 Å². The molecule has 1 fully saturated rings. The Morgan fingerprint density at radius 3 is 2.47 bits per heavy atom. The zero-order valence-electron chi connectivity index (χ0n) is 10.8. The van der Waals surface area contributed by atoms with Gasteiger partial charge in [0.05, 0.1) is 7.11 Å². The van der Waals surface area contributed by atoms with Crippen molar-refractivity contribution in [3.05, 3.63) is 18.2 Å². The molecule has 1 aromatic rings. The molecule has 0 bridgehead atoms. The first-order valence-corrected chi connectivity index (χ1v) is 7.12. The molecule has 1 aliphatic rings. The molecule has 1 aliphatic heterocycles. The molecule has 1 aromatic carbocycles. The molecular weight excluding hydrogens is 232 g/mol. The number of rotatable bonds is 3. The Balaban J connectivity index is 2.16. The van der Waals surface area contributed by atoms with Crippen LogP contribution >= 0.6 is 11.8 Å². The van der Waals surface area contributed by atoms with Crippen LogP contribution in [0, 0.1) is 0 Å². The maximum absolute atomic E-state index is 5.43. The minimum Gasteiger partial charge on any atom is -0.496 e. The van der Waals surface area contributed by atoms with Crippen LogP contribution in [0.4, 0.5) is 5.69 Å². The second kappa shape index (κ2) is 5.65. The summed E-state index contributed by atoms with van der Waals surface area (Å²) < 4.78 is 5.43. The van der Waals surface area contributed by atoms with E-state index in [0.29, 0.717) is 0 Å². The van der Waals surface area contributed by atoms with Gasteiger partial charge in [-0.25, -0.2) is 0 Å². The summed E-state index contributed by atoms with van der Waals surface area (Å²) in [6.07, 6.45) is 2.08. The van der Waals surface area contributed by atoms with Gasteiger partial charge in [0.15, 0.2) is 0 Å². The number of hydrogen-bond donors (Lipinski definition) is 0. The van der Waals surface area contributed by atoms with Gasteiger partial charge in [-0.05, 0) is 25.4 Å². The fraction of sp³-hybridized carbons (Fsp3) is 0.538. The minimum atomic E-state index is 0.980. The number of methoxy groups -OCH3 is 1. The van der Waals surface area contributed by atoms with Crippen molar-refractivity contribution in [3.63, 3.8) is 0 Å². The molecule has 0 amide bonds. The van der Waals surface area contributed by atoms with Gasteiger partial charge in [-0.15, -0.1) is 11.8 Å². The average molecular weight is 252 g/mol. The smallest absolute Gasteiger partial charge is 0.134 e. The van der Waals surface area contributed by atoms with E-state index in [0.717, 1.165) is 31.9 Å². The van der Waals surface area contributed by atoms with Gasteiger partial charge in [-0.1, -0.05) is 0 Å². The lowest BCUT2D eigenvalue weighted by Crippen LogP contribution is -2.44. The van der Waals surface area contributed by atoms with E-state index in [9.17, 15) is 0 Å². The third-order valence-corrected chi connectivity index (χ3v) is 4.01. The fourth-order valence-corrected chi connectivity index (χ4v) is 2.63. The maximum Gasteiger partial charge on any atom is 0.134 e. The summed E-state index contributed by atoms with van der Waals surface area (Å²) in [7, 11) is 3.91. The Bertz CT molecular complexity index is 376. The third kappa shape index (κ3) is 2.87. The van der Waals surface area contributed by atoms with Gasteiger partial charge in [0.25, 0.3) is 0 Å². The highest BCUT2D eigenvalue weighted by molar-refractivity contribution is 7.98. The van der Waals surface area contributed by atoms with Gasteiger partial charge in [0.2, 0.25) is 0 Å². The van der Waals surface area contributed by atoms with Crippen LogP contribution in [0.25, 0.3) is 0 Å². The first-order valence-electron chi connectivity index (χ1n) is 5.90. The molecule has 0 atom stereocenters. The summed E-state index contributed by atoms with van der Waals surface area (Å²) in [6.45, 7) is 4.45. The Morgan fingerprint density at radius 2 is 1.88 bits per heavy atom. The van der Waals surface area contributed by atoms with Gasteiger partial charge >= 0.3 is 0 Å². The third-order valence-electron chi connectivity index (χ3n) is 3.24. The van der Waals surface area contributed by atoms with Gasteiger partial charge in [0, 0.05) is 42.8 Å². The number of likely N-dealkylation sites (N-methyl/N-ethyl adjacent to an activating group) is 1. The van der Waals surface area contributed by atoms with Crippen molar-refractivity contribution in [2.75, 3.05) is 51.5 Å². The normalized spacial score (nSPS) is 17.2. The lowest BCUT2D eigenvalue weighted by atomic mass is 10.2. The zero-order valence-corrected chi connectivity index (χ0v) is 11.6.